The molecule has 0 heterocycles. The molecule has 1 aromatic carbocycles. The third-order valence-electron chi connectivity index (χ3n) is 4.01. The molecular weight excluding hydrogens is 264 g/mol. The average molecular weight is 290 g/mol. The first-order chi connectivity index (χ1) is 10.3. The van der Waals surface area contributed by atoms with E-state index in [0.717, 1.165) is 43.6 Å². The fraction of sp³-hybridized carbons (Fsp3) is 0.588. The highest BCUT2D eigenvalue weighted by molar-refractivity contribution is 5.94. The summed E-state index contributed by atoms with van der Waals surface area (Å²) >= 11 is 0. The molecular formula is C17H26N2O2. The summed E-state index contributed by atoms with van der Waals surface area (Å²) < 4.78 is 5.62. The van der Waals surface area contributed by atoms with Gasteiger partial charge in [0.15, 0.2) is 0 Å². The highest BCUT2D eigenvalue weighted by Gasteiger charge is 2.28. The molecule has 1 fully saturated rings. The molecule has 1 amide bonds. The summed E-state index contributed by atoms with van der Waals surface area (Å²) in [5, 5.41) is 0. The van der Waals surface area contributed by atoms with Crippen molar-refractivity contribution < 1.29 is 9.53 Å². The summed E-state index contributed by atoms with van der Waals surface area (Å²) in [6.45, 7) is 4.02. The summed E-state index contributed by atoms with van der Waals surface area (Å²) in [6, 6.07) is 7.84. The number of nitrogens with zero attached hydrogens (tertiary/aromatic N) is 1. The van der Waals surface area contributed by atoms with Crippen molar-refractivity contribution in [2.24, 2.45) is 5.73 Å². The fourth-order valence-corrected chi connectivity index (χ4v) is 2.48. The molecule has 116 valence electrons. The molecule has 2 N–H and O–H groups in total. The van der Waals surface area contributed by atoms with E-state index in [4.69, 9.17) is 10.5 Å². The van der Waals surface area contributed by atoms with Crippen LogP contribution in [-0.4, -0.2) is 36.5 Å². The Hall–Kier alpha value is -1.55. The van der Waals surface area contributed by atoms with Crippen molar-refractivity contribution >= 4 is 5.91 Å². The lowest BCUT2D eigenvalue weighted by Crippen LogP contribution is -2.46. The Balaban J connectivity index is 1.97. The number of carbonyl (C=O) groups excluding carboxylic acids is 1. The van der Waals surface area contributed by atoms with Gasteiger partial charge in [0.05, 0.1) is 6.61 Å². The van der Waals surface area contributed by atoms with E-state index < -0.39 is 0 Å². The van der Waals surface area contributed by atoms with Gasteiger partial charge in [-0.1, -0.05) is 13.3 Å². The van der Waals surface area contributed by atoms with Gasteiger partial charge in [-0.15, -0.1) is 0 Å². The lowest BCUT2D eigenvalue weighted by Gasteiger charge is -2.37. The van der Waals surface area contributed by atoms with E-state index in [2.05, 4.69) is 6.92 Å². The predicted molar refractivity (Wildman–Crippen MR) is 84.6 cm³/mol. The molecule has 0 saturated heterocycles. The monoisotopic (exact) mass is 290 g/mol. The minimum Gasteiger partial charge on any atom is -0.494 e. The zero-order valence-electron chi connectivity index (χ0n) is 12.9. The molecule has 0 aliphatic heterocycles. The van der Waals surface area contributed by atoms with E-state index in [1.54, 1.807) is 0 Å². The first kappa shape index (κ1) is 15.8. The van der Waals surface area contributed by atoms with Crippen LogP contribution in [0.2, 0.25) is 0 Å². The van der Waals surface area contributed by atoms with Crippen LogP contribution in [0, 0.1) is 0 Å². The van der Waals surface area contributed by atoms with Crippen molar-refractivity contribution in [1.82, 2.24) is 4.90 Å². The lowest BCUT2D eigenvalue weighted by atomic mass is 9.91. The van der Waals surface area contributed by atoms with Gasteiger partial charge in [-0.25, -0.2) is 0 Å². The van der Waals surface area contributed by atoms with Crippen molar-refractivity contribution in [1.29, 1.82) is 0 Å². The Morgan fingerprint density at radius 1 is 1.33 bits per heavy atom. The molecule has 0 spiro atoms. The molecule has 0 bridgehead atoms. The Labute approximate surface area is 127 Å². The molecule has 1 saturated carbocycles. The summed E-state index contributed by atoms with van der Waals surface area (Å²) in [7, 11) is 0. The van der Waals surface area contributed by atoms with Gasteiger partial charge in [0.2, 0.25) is 0 Å². The fourth-order valence-electron chi connectivity index (χ4n) is 2.48. The van der Waals surface area contributed by atoms with Crippen LogP contribution in [0.5, 0.6) is 5.75 Å². The van der Waals surface area contributed by atoms with Crippen molar-refractivity contribution in [2.45, 2.75) is 45.1 Å². The molecule has 0 aromatic heterocycles. The van der Waals surface area contributed by atoms with Crippen LogP contribution in [0.15, 0.2) is 24.3 Å². The SMILES string of the molecule is CCCCOc1ccc(C(=O)N(CCN)C2CCC2)cc1. The smallest absolute Gasteiger partial charge is 0.254 e. The average Bonchev–Trinajstić information content (AvgIpc) is 2.45. The molecule has 0 radical (unpaired) electrons. The maximum atomic E-state index is 12.6. The quantitative estimate of drug-likeness (QED) is 0.749. The molecule has 2 rings (SSSR count). The minimum atomic E-state index is 0.0882. The molecule has 4 nitrogen and oxygen atoms in total. The van der Waals surface area contributed by atoms with Gasteiger partial charge in [-0.3, -0.25) is 4.79 Å². The molecule has 1 aromatic rings. The number of benzene rings is 1. The van der Waals surface area contributed by atoms with E-state index in [-0.39, 0.29) is 5.91 Å². The first-order valence-corrected chi connectivity index (χ1v) is 8.00. The number of nitrogens with two attached hydrogens (primary N) is 1. The van der Waals surface area contributed by atoms with Crippen LogP contribution >= 0.6 is 0 Å². The standard InChI is InChI=1S/C17H26N2O2/c1-2-3-13-21-16-9-7-14(8-10-16)17(20)19(12-11-18)15-5-4-6-15/h7-10,15H,2-6,11-13,18H2,1H3. The predicted octanol–water partition coefficient (Wildman–Crippen LogP) is 2.82. The van der Waals surface area contributed by atoms with Crippen LogP contribution in [0.3, 0.4) is 0 Å². The number of unbranched alkanes of at least 4 members (excludes halogenated alkanes) is 1. The Morgan fingerprint density at radius 2 is 2.05 bits per heavy atom. The zero-order valence-corrected chi connectivity index (χ0v) is 12.9. The Bertz CT molecular complexity index is 441. The highest BCUT2D eigenvalue weighted by Crippen LogP contribution is 2.26. The molecule has 4 heteroatoms. The Kier molecular flexibility index (Phi) is 6.05. The largest absolute Gasteiger partial charge is 0.494 e. The second-order valence-corrected chi connectivity index (χ2v) is 5.60. The van der Waals surface area contributed by atoms with Crippen molar-refractivity contribution in [3.63, 3.8) is 0 Å². The van der Waals surface area contributed by atoms with Gasteiger partial charge in [0.1, 0.15) is 5.75 Å². The summed E-state index contributed by atoms with van der Waals surface area (Å²) in [5.41, 5.74) is 6.36. The van der Waals surface area contributed by atoms with Gasteiger partial charge in [-0.2, -0.15) is 0 Å². The van der Waals surface area contributed by atoms with Gasteiger partial charge >= 0.3 is 0 Å². The topological polar surface area (TPSA) is 55.6 Å². The van der Waals surface area contributed by atoms with Crippen LogP contribution in [0.4, 0.5) is 0 Å². The maximum Gasteiger partial charge on any atom is 0.254 e. The first-order valence-electron chi connectivity index (χ1n) is 8.00. The summed E-state index contributed by atoms with van der Waals surface area (Å²) in [6.07, 6.45) is 5.58. The van der Waals surface area contributed by atoms with Crippen molar-refractivity contribution in [3.8, 4) is 5.75 Å². The number of hydrogen-bond acceptors (Lipinski definition) is 3. The van der Waals surface area contributed by atoms with E-state index in [1.165, 1.54) is 6.42 Å². The number of rotatable bonds is 8. The number of amides is 1. The van der Waals surface area contributed by atoms with Crippen LogP contribution in [0.1, 0.15) is 49.4 Å². The van der Waals surface area contributed by atoms with Crippen molar-refractivity contribution in [3.05, 3.63) is 29.8 Å². The van der Waals surface area contributed by atoms with Crippen LogP contribution in [0.25, 0.3) is 0 Å². The summed E-state index contributed by atoms with van der Waals surface area (Å²) in [4.78, 5) is 14.5. The van der Waals surface area contributed by atoms with E-state index in [1.807, 2.05) is 29.2 Å². The second-order valence-electron chi connectivity index (χ2n) is 5.60. The molecule has 0 atom stereocenters. The number of hydrogen-bond donors (Lipinski definition) is 1. The van der Waals surface area contributed by atoms with Crippen LogP contribution < -0.4 is 10.5 Å². The van der Waals surface area contributed by atoms with Gasteiger partial charge in [0, 0.05) is 24.7 Å². The minimum absolute atomic E-state index is 0.0882. The van der Waals surface area contributed by atoms with E-state index in [9.17, 15) is 4.79 Å². The van der Waals surface area contributed by atoms with Crippen LogP contribution in [-0.2, 0) is 0 Å². The molecule has 1 aliphatic rings. The number of ether oxygens (including phenoxy) is 1. The molecule has 1 aliphatic carbocycles. The van der Waals surface area contributed by atoms with Gasteiger partial charge in [-0.05, 0) is 49.9 Å². The normalized spacial score (nSPS) is 14.6. The molecule has 21 heavy (non-hydrogen) atoms. The lowest BCUT2D eigenvalue weighted by molar-refractivity contribution is 0.0588. The Morgan fingerprint density at radius 3 is 2.57 bits per heavy atom. The zero-order chi connectivity index (χ0) is 15.1. The van der Waals surface area contributed by atoms with Gasteiger partial charge in [0.25, 0.3) is 5.91 Å². The molecule has 0 unspecified atom stereocenters. The third kappa shape index (κ3) is 4.21. The van der Waals surface area contributed by atoms with Gasteiger partial charge < -0.3 is 15.4 Å². The van der Waals surface area contributed by atoms with E-state index >= 15 is 0 Å². The van der Waals surface area contributed by atoms with E-state index in [0.29, 0.717) is 19.1 Å². The maximum absolute atomic E-state index is 12.6. The second kappa shape index (κ2) is 8.03. The third-order valence-corrected chi connectivity index (χ3v) is 4.01. The highest BCUT2D eigenvalue weighted by atomic mass is 16.5. The number of carbonyl (C=O) groups is 1. The van der Waals surface area contributed by atoms with Crippen molar-refractivity contribution in [2.75, 3.05) is 19.7 Å². The summed E-state index contributed by atoms with van der Waals surface area (Å²) in [5.74, 6) is 0.916.